The lowest BCUT2D eigenvalue weighted by atomic mass is 9.89. The quantitative estimate of drug-likeness (QED) is 0.283. The highest BCUT2D eigenvalue weighted by Gasteiger charge is 2.48. The summed E-state index contributed by atoms with van der Waals surface area (Å²) < 4.78 is 30.1. The Kier molecular flexibility index (Phi) is 10.2. The molecule has 36 heavy (non-hydrogen) atoms. The summed E-state index contributed by atoms with van der Waals surface area (Å²) in [5.74, 6) is 1.82. The summed E-state index contributed by atoms with van der Waals surface area (Å²) in [6, 6.07) is 19.6. The summed E-state index contributed by atoms with van der Waals surface area (Å²) in [4.78, 5) is 11.5. The molecular weight excluding hydrogens is 472 g/mol. The minimum absolute atomic E-state index is 0.0257. The molecule has 0 aromatic heterocycles. The molecule has 7 heteroatoms. The van der Waals surface area contributed by atoms with Gasteiger partial charge in [-0.3, -0.25) is 4.79 Å². The molecule has 0 N–H and O–H groups in total. The minimum atomic E-state index is -1.69. The molecule has 0 radical (unpaired) electrons. The van der Waals surface area contributed by atoms with Crippen LogP contribution in [0.3, 0.4) is 0 Å². The van der Waals surface area contributed by atoms with Crippen molar-refractivity contribution in [2.24, 2.45) is 5.92 Å². The first-order valence-corrected chi connectivity index (χ1v) is 15.5. The number of benzene rings is 2. The summed E-state index contributed by atoms with van der Waals surface area (Å²) in [5, 5.41) is 0. The molecule has 0 unspecified atom stereocenters. The van der Waals surface area contributed by atoms with Crippen molar-refractivity contribution in [2.45, 2.75) is 64.4 Å². The van der Waals surface area contributed by atoms with E-state index in [2.05, 4.69) is 37.2 Å². The standard InChI is InChI=1S/C29H34O6Si/c1-6-25-26(21-32-22(2)30)35-29(31-17-18-36(3,4)5)28(34-20-24-15-11-8-12-16-24)27(25)33-19-23-13-9-7-10-14-23/h1,7-16,25-29H,19-21H2,2-5H3/t25-,26-,27+,28-,29+/m1/s1. The van der Waals surface area contributed by atoms with Crippen LogP contribution in [0.2, 0.25) is 19.6 Å². The van der Waals surface area contributed by atoms with Crippen molar-refractivity contribution < 1.29 is 28.5 Å². The second kappa shape index (κ2) is 13.3. The number of ether oxygens (including phenoxy) is 5. The molecule has 1 heterocycles. The second-order valence-corrected chi connectivity index (χ2v) is 14.4. The summed E-state index contributed by atoms with van der Waals surface area (Å²) in [7, 11) is -1.69. The Bertz CT molecular complexity index is 1060. The molecule has 1 aliphatic heterocycles. The summed E-state index contributed by atoms with van der Waals surface area (Å²) in [5.41, 5.74) is 5.18. The number of hydrogen-bond donors (Lipinski definition) is 0. The largest absolute Gasteiger partial charge is 0.463 e. The molecule has 0 saturated carbocycles. The second-order valence-electron chi connectivity index (χ2n) is 9.66. The van der Waals surface area contributed by atoms with Crippen LogP contribution in [-0.4, -0.2) is 45.3 Å². The Morgan fingerprint density at radius 1 is 0.944 bits per heavy atom. The zero-order valence-corrected chi connectivity index (χ0v) is 22.3. The lowest BCUT2D eigenvalue weighted by molar-refractivity contribution is -0.287. The number of carbonyl (C=O) groups is 1. The number of carbonyl (C=O) groups excluding carboxylic acids is 1. The molecule has 0 aliphatic carbocycles. The molecule has 5 atom stereocenters. The highest BCUT2D eigenvalue weighted by atomic mass is 28.3. The molecule has 2 aromatic carbocycles. The van der Waals surface area contributed by atoms with Gasteiger partial charge in [-0.15, -0.1) is 6.42 Å². The van der Waals surface area contributed by atoms with E-state index in [0.29, 0.717) is 13.2 Å². The van der Waals surface area contributed by atoms with E-state index in [1.807, 2.05) is 60.7 Å². The van der Waals surface area contributed by atoms with Crippen molar-refractivity contribution >= 4 is 14.0 Å². The van der Waals surface area contributed by atoms with Gasteiger partial charge in [0, 0.05) is 6.92 Å². The predicted molar refractivity (Wildman–Crippen MR) is 140 cm³/mol. The van der Waals surface area contributed by atoms with Gasteiger partial charge in [0.1, 0.15) is 39.1 Å². The highest BCUT2D eigenvalue weighted by molar-refractivity contribution is 6.83. The molecule has 0 amide bonds. The molecular formula is C29H34O6Si. The Labute approximate surface area is 215 Å². The molecule has 1 saturated heterocycles. The lowest BCUT2D eigenvalue weighted by Gasteiger charge is -2.43. The number of terminal acetylenes is 1. The fraction of sp³-hybridized carbons (Fsp3) is 0.414. The lowest BCUT2D eigenvalue weighted by Crippen LogP contribution is -2.57. The first-order chi connectivity index (χ1) is 17.3. The van der Waals surface area contributed by atoms with Crippen LogP contribution in [0.5, 0.6) is 0 Å². The van der Waals surface area contributed by atoms with E-state index in [1.54, 1.807) is 0 Å². The van der Waals surface area contributed by atoms with Crippen LogP contribution < -0.4 is 0 Å². The van der Waals surface area contributed by atoms with Crippen LogP contribution in [-0.2, 0) is 41.7 Å². The average molecular weight is 507 g/mol. The monoisotopic (exact) mass is 506 g/mol. The number of rotatable bonds is 9. The topological polar surface area (TPSA) is 63.2 Å². The van der Waals surface area contributed by atoms with Gasteiger partial charge in [0.2, 0.25) is 6.29 Å². The molecule has 0 spiro atoms. The number of esters is 1. The van der Waals surface area contributed by atoms with Crippen molar-refractivity contribution in [1.29, 1.82) is 0 Å². The SMILES string of the molecule is C#C[C@H]1[C@H](OCc2ccccc2)[C@@H](OCc2ccccc2)[C@@H](OC#C[Si](C)(C)C)O[C@@H]1COC(C)=O. The van der Waals surface area contributed by atoms with Crippen LogP contribution >= 0.6 is 0 Å². The van der Waals surface area contributed by atoms with Gasteiger partial charge in [-0.05, 0) is 11.1 Å². The maximum Gasteiger partial charge on any atom is 0.302 e. The third-order valence-electron chi connectivity index (χ3n) is 5.47. The van der Waals surface area contributed by atoms with E-state index < -0.39 is 44.6 Å². The molecule has 6 nitrogen and oxygen atoms in total. The van der Waals surface area contributed by atoms with Crippen molar-refractivity contribution in [3.8, 4) is 24.0 Å². The van der Waals surface area contributed by atoms with Crippen LogP contribution in [0.4, 0.5) is 0 Å². The summed E-state index contributed by atoms with van der Waals surface area (Å²) >= 11 is 0. The van der Waals surface area contributed by atoms with Crippen molar-refractivity contribution in [2.75, 3.05) is 6.61 Å². The van der Waals surface area contributed by atoms with E-state index in [1.165, 1.54) is 6.92 Å². The maximum atomic E-state index is 11.5. The smallest absolute Gasteiger partial charge is 0.302 e. The van der Waals surface area contributed by atoms with E-state index >= 15 is 0 Å². The van der Waals surface area contributed by atoms with Gasteiger partial charge in [-0.2, -0.15) is 0 Å². The van der Waals surface area contributed by atoms with Gasteiger partial charge < -0.3 is 23.7 Å². The minimum Gasteiger partial charge on any atom is -0.463 e. The van der Waals surface area contributed by atoms with Crippen LogP contribution in [0.25, 0.3) is 0 Å². The fourth-order valence-corrected chi connectivity index (χ4v) is 4.06. The van der Waals surface area contributed by atoms with E-state index in [9.17, 15) is 4.79 Å². The normalized spacial score (nSPS) is 23.6. The van der Waals surface area contributed by atoms with Crippen molar-refractivity contribution in [3.05, 3.63) is 71.8 Å². The Balaban J connectivity index is 1.90. The molecule has 0 bridgehead atoms. The first-order valence-electron chi connectivity index (χ1n) is 12.0. The van der Waals surface area contributed by atoms with E-state index in [0.717, 1.165) is 11.1 Å². The van der Waals surface area contributed by atoms with Crippen molar-refractivity contribution in [3.63, 3.8) is 0 Å². The third kappa shape index (κ3) is 8.55. The third-order valence-corrected chi connectivity index (χ3v) is 6.32. The zero-order chi connectivity index (χ0) is 26.0. The first kappa shape index (κ1) is 27.5. The van der Waals surface area contributed by atoms with E-state index in [4.69, 9.17) is 30.1 Å². The van der Waals surface area contributed by atoms with Crippen molar-refractivity contribution in [1.82, 2.24) is 0 Å². The Morgan fingerprint density at radius 3 is 2.00 bits per heavy atom. The molecule has 1 fully saturated rings. The number of hydrogen-bond acceptors (Lipinski definition) is 6. The van der Waals surface area contributed by atoms with Gasteiger partial charge >= 0.3 is 5.97 Å². The van der Waals surface area contributed by atoms with Crippen LogP contribution in [0, 0.1) is 29.9 Å². The Morgan fingerprint density at radius 2 is 1.50 bits per heavy atom. The summed E-state index contributed by atoms with van der Waals surface area (Å²) in [6.07, 6.45) is 6.00. The average Bonchev–Trinajstić information content (AvgIpc) is 2.85. The van der Waals surface area contributed by atoms with Crippen LogP contribution in [0.1, 0.15) is 18.1 Å². The summed E-state index contributed by atoms with van der Waals surface area (Å²) in [6.45, 7) is 8.32. The molecule has 3 rings (SSSR count). The Hall–Kier alpha value is -3.07. The van der Waals surface area contributed by atoms with Gasteiger partial charge in [0.05, 0.1) is 19.1 Å². The molecule has 1 aliphatic rings. The molecule has 2 aromatic rings. The van der Waals surface area contributed by atoms with E-state index in [-0.39, 0.29) is 6.61 Å². The fourth-order valence-electron chi connectivity index (χ4n) is 3.69. The zero-order valence-electron chi connectivity index (χ0n) is 21.3. The van der Waals surface area contributed by atoms with Gasteiger partial charge in [0.15, 0.2) is 0 Å². The molecule has 190 valence electrons. The maximum absolute atomic E-state index is 11.5. The van der Waals surface area contributed by atoms with Gasteiger partial charge in [-0.1, -0.05) is 91.8 Å². The van der Waals surface area contributed by atoms with Crippen LogP contribution in [0.15, 0.2) is 60.7 Å². The predicted octanol–water partition coefficient (Wildman–Crippen LogP) is 4.55. The highest BCUT2D eigenvalue weighted by Crippen LogP contribution is 2.32. The van der Waals surface area contributed by atoms with Gasteiger partial charge in [-0.25, -0.2) is 0 Å². The van der Waals surface area contributed by atoms with Gasteiger partial charge in [0.25, 0.3) is 0 Å².